The van der Waals surface area contributed by atoms with Crippen molar-refractivity contribution >= 4 is 39.6 Å². The van der Waals surface area contributed by atoms with Gasteiger partial charge in [-0.25, -0.2) is 4.79 Å². The molecule has 0 saturated carbocycles. The molecule has 0 atom stereocenters. The van der Waals surface area contributed by atoms with Gasteiger partial charge in [-0.15, -0.1) is 11.3 Å². The van der Waals surface area contributed by atoms with E-state index in [0.29, 0.717) is 5.00 Å². The minimum absolute atomic E-state index is 0.149. The lowest BCUT2D eigenvalue weighted by Crippen LogP contribution is -2.15. The van der Waals surface area contributed by atoms with Gasteiger partial charge in [-0.3, -0.25) is 4.79 Å². The zero-order valence-corrected chi connectivity index (χ0v) is 11.2. The van der Waals surface area contributed by atoms with Crippen LogP contribution >= 0.6 is 22.7 Å². The minimum atomic E-state index is -1.02. The summed E-state index contributed by atoms with van der Waals surface area (Å²) in [4.78, 5) is 23.6. The lowest BCUT2D eigenvalue weighted by Gasteiger charge is -2.02. The third kappa shape index (κ3) is 2.96. The number of nitrogens with one attached hydrogen (secondary N) is 1. The normalized spacial score (nSPS) is 10.3. The molecule has 94 valence electrons. The largest absolute Gasteiger partial charge is 0.478 e. The highest BCUT2D eigenvalue weighted by molar-refractivity contribution is 7.16. The molecule has 2 aromatic rings. The highest BCUT2D eigenvalue weighted by Gasteiger charge is 2.16. The van der Waals surface area contributed by atoms with Crippen LogP contribution in [0, 0.1) is 6.92 Å². The Kier molecular flexibility index (Phi) is 3.78. The summed E-state index contributed by atoms with van der Waals surface area (Å²) in [6, 6.07) is 3.44. The van der Waals surface area contributed by atoms with E-state index < -0.39 is 5.97 Å². The molecule has 1 amide bonds. The van der Waals surface area contributed by atoms with E-state index in [0.717, 1.165) is 10.4 Å². The number of amides is 1. The molecule has 0 saturated heterocycles. The van der Waals surface area contributed by atoms with Crippen LogP contribution in [0.5, 0.6) is 0 Å². The molecule has 6 heteroatoms. The monoisotopic (exact) mass is 281 g/mol. The molecule has 0 aliphatic rings. The first-order chi connectivity index (χ1) is 8.56. The molecule has 0 aliphatic heterocycles. The first-order valence-electron chi connectivity index (χ1n) is 5.21. The number of carboxylic acid groups (broad SMARTS) is 1. The summed E-state index contributed by atoms with van der Waals surface area (Å²) in [6.45, 7) is 1.81. The predicted molar refractivity (Wildman–Crippen MR) is 72.7 cm³/mol. The SMILES string of the molecule is Cc1cc(C(=O)O)c(NC(=O)Cc2ccsc2)s1. The van der Waals surface area contributed by atoms with Crippen molar-refractivity contribution in [3.63, 3.8) is 0 Å². The van der Waals surface area contributed by atoms with Crippen LogP contribution in [0.4, 0.5) is 5.00 Å². The Hall–Kier alpha value is -1.66. The second kappa shape index (κ2) is 5.32. The van der Waals surface area contributed by atoms with E-state index >= 15 is 0 Å². The first-order valence-corrected chi connectivity index (χ1v) is 6.97. The molecule has 2 aromatic heterocycles. The van der Waals surface area contributed by atoms with E-state index in [1.54, 1.807) is 6.07 Å². The van der Waals surface area contributed by atoms with E-state index in [9.17, 15) is 9.59 Å². The van der Waals surface area contributed by atoms with Gasteiger partial charge < -0.3 is 10.4 Å². The molecule has 18 heavy (non-hydrogen) atoms. The molecule has 0 spiro atoms. The van der Waals surface area contributed by atoms with Crippen LogP contribution in [0.1, 0.15) is 20.8 Å². The maximum atomic E-state index is 11.8. The molecule has 0 fully saturated rings. The molecular formula is C12H11NO3S2. The molecule has 0 bridgehead atoms. The zero-order chi connectivity index (χ0) is 13.1. The minimum Gasteiger partial charge on any atom is -0.478 e. The van der Waals surface area contributed by atoms with Gasteiger partial charge in [0.1, 0.15) is 5.00 Å². The van der Waals surface area contributed by atoms with Gasteiger partial charge in [0.25, 0.3) is 0 Å². The molecule has 4 nitrogen and oxygen atoms in total. The van der Waals surface area contributed by atoms with Crippen LogP contribution in [-0.4, -0.2) is 17.0 Å². The number of anilines is 1. The number of carboxylic acids is 1. The van der Waals surface area contributed by atoms with Crippen molar-refractivity contribution in [3.8, 4) is 0 Å². The number of aromatic carboxylic acids is 1. The smallest absolute Gasteiger partial charge is 0.338 e. The average molecular weight is 281 g/mol. The molecule has 0 radical (unpaired) electrons. The van der Waals surface area contributed by atoms with Gasteiger partial charge >= 0.3 is 5.97 Å². The van der Waals surface area contributed by atoms with Crippen LogP contribution in [0.15, 0.2) is 22.9 Å². The van der Waals surface area contributed by atoms with Crippen LogP contribution in [-0.2, 0) is 11.2 Å². The number of carbonyl (C=O) groups excluding carboxylic acids is 1. The summed E-state index contributed by atoms with van der Waals surface area (Å²) >= 11 is 2.80. The van der Waals surface area contributed by atoms with Gasteiger partial charge in [-0.1, -0.05) is 0 Å². The van der Waals surface area contributed by atoms with E-state index in [1.807, 2.05) is 23.8 Å². The van der Waals surface area contributed by atoms with Crippen molar-refractivity contribution in [2.24, 2.45) is 0 Å². The number of aryl methyl sites for hydroxylation is 1. The predicted octanol–water partition coefficient (Wildman–Crippen LogP) is 3.00. The number of thiophene rings is 2. The van der Waals surface area contributed by atoms with Crippen molar-refractivity contribution in [2.75, 3.05) is 5.32 Å². The number of hydrogen-bond donors (Lipinski definition) is 2. The van der Waals surface area contributed by atoms with Crippen LogP contribution in [0.3, 0.4) is 0 Å². The molecule has 2 N–H and O–H groups in total. The lowest BCUT2D eigenvalue weighted by molar-refractivity contribution is -0.115. The van der Waals surface area contributed by atoms with Crippen molar-refractivity contribution in [3.05, 3.63) is 38.9 Å². The Labute approximate surface area is 112 Å². The second-order valence-electron chi connectivity index (χ2n) is 3.76. The fourth-order valence-corrected chi connectivity index (χ4v) is 3.10. The maximum Gasteiger partial charge on any atom is 0.338 e. The summed E-state index contributed by atoms with van der Waals surface area (Å²) in [7, 11) is 0. The lowest BCUT2D eigenvalue weighted by atomic mass is 10.2. The summed E-state index contributed by atoms with van der Waals surface area (Å²) < 4.78 is 0. The van der Waals surface area contributed by atoms with Crippen molar-refractivity contribution in [2.45, 2.75) is 13.3 Å². The summed E-state index contributed by atoms with van der Waals surface area (Å²) in [6.07, 6.45) is 0.263. The van der Waals surface area contributed by atoms with E-state index in [1.165, 1.54) is 22.7 Å². The zero-order valence-electron chi connectivity index (χ0n) is 9.60. The third-order valence-electron chi connectivity index (χ3n) is 2.28. The average Bonchev–Trinajstić information content (AvgIpc) is 2.88. The Morgan fingerprint density at radius 3 is 2.83 bits per heavy atom. The van der Waals surface area contributed by atoms with Crippen molar-refractivity contribution in [1.29, 1.82) is 0 Å². The summed E-state index contributed by atoms with van der Waals surface area (Å²) in [5.41, 5.74) is 1.08. The maximum absolute atomic E-state index is 11.8. The molecule has 2 heterocycles. The van der Waals surface area contributed by atoms with Gasteiger partial charge in [0, 0.05) is 4.88 Å². The highest BCUT2D eigenvalue weighted by Crippen LogP contribution is 2.27. The Morgan fingerprint density at radius 2 is 2.22 bits per heavy atom. The van der Waals surface area contributed by atoms with Crippen LogP contribution in [0.2, 0.25) is 0 Å². The van der Waals surface area contributed by atoms with Gasteiger partial charge in [-0.2, -0.15) is 11.3 Å². The molecule has 0 aliphatic carbocycles. The molecule has 0 aromatic carbocycles. The van der Waals surface area contributed by atoms with Gasteiger partial charge in [0.2, 0.25) is 5.91 Å². The topological polar surface area (TPSA) is 66.4 Å². The molecule has 0 unspecified atom stereocenters. The van der Waals surface area contributed by atoms with Crippen molar-refractivity contribution < 1.29 is 14.7 Å². The quantitative estimate of drug-likeness (QED) is 0.905. The first kappa shape index (κ1) is 12.8. The van der Waals surface area contributed by atoms with Gasteiger partial charge in [-0.05, 0) is 35.4 Å². The Balaban J connectivity index is 2.09. The van der Waals surface area contributed by atoms with E-state index in [-0.39, 0.29) is 17.9 Å². The third-order valence-corrected chi connectivity index (χ3v) is 3.98. The van der Waals surface area contributed by atoms with Crippen molar-refractivity contribution in [1.82, 2.24) is 0 Å². The second-order valence-corrected chi connectivity index (χ2v) is 5.80. The Morgan fingerprint density at radius 1 is 1.44 bits per heavy atom. The van der Waals surface area contributed by atoms with Crippen LogP contribution < -0.4 is 5.32 Å². The van der Waals surface area contributed by atoms with Gasteiger partial charge in [0.15, 0.2) is 0 Å². The molecular weight excluding hydrogens is 270 g/mol. The molecule has 2 rings (SSSR count). The fourth-order valence-electron chi connectivity index (χ4n) is 1.52. The van der Waals surface area contributed by atoms with Crippen LogP contribution in [0.25, 0.3) is 0 Å². The number of carbonyl (C=O) groups is 2. The van der Waals surface area contributed by atoms with E-state index in [4.69, 9.17) is 5.11 Å². The highest BCUT2D eigenvalue weighted by atomic mass is 32.1. The summed E-state index contributed by atoms with van der Waals surface area (Å²) in [5, 5.41) is 15.9. The number of hydrogen-bond acceptors (Lipinski definition) is 4. The van der Waals surface area contributed by atoms with Gasteiger partial charge in [0.05, 0.1) is 12.0 Å². The fraction of sp³-hybridized carbons (Fsp3) is 0.167. The number of rotatable bonds is 4. The standard InChI is InChI=1S/C12H11NO3S2/c1-7-4-9(12(15)16)11(18-7)13-10(14)5-8-2-3-17-6-8/h2-4,6H,5H2,1H3,(H,13,14)(H,15,16). The van der Waals surface area contributed by atoms with E-state index in [2.05, 4.69) is 5.32 Å². The Bertz CT molecular complexity index is 572. The summed E-state index contributed by atoms with van der Waals surface area (Å²) in [5.74, 6) is -1.22.